The van der Waals surface area contributed by atoms with E-state index in [0.29, 0.717) is 18.5 Å². The number of amides is 2. The minimum atomic E-state index is -0.835. The molecule has 6 nitrogen and oxygen atoms in total. The van der Waals surface area contributed by atoms with Crippen molar-refractivity contribution < 1.29 is 19.5 Å². The summed E-state index contributed by atoms with van der Waals surface area (Å²) in [4.78, 5) is 34.3. The summed E-state index contributed by atoms with van der Waals surface area (Å²) in [5.74, 6) is -1.75. The predicted octanol–water partition coefficient (Wildman–Crippen LogP) is 2.44. The Kier molecular flexibility index (Phi) is 6.95. The lowest BCUT2D eigenvalue weighted by Gasteiger charge is -2.17. The maximum Gasteiger partial charge on any atom is 0.306 e. The van der Waals surface area contributed by atoms with Crippen molar-refractivity contribution in [2.24, 2.45) is 11.3 Å². The highest BCUT2D eigenvalue weighted by molar-refractivity contribution is 5.94. The second kappa shape index (κ2) is 8.47. The first-order valence-electron chi connectivity index (χ1n) is 7.95. The molecule has 1 aromatic carbocycles. The Balaban J connectivity index is 2.45. The van der Waals surface area contributed by atoms with Gasteiger partial charge >= 0.3 is 5.97 Å². The Hall–Kier alpha value is -2.37. The number of hydrogen-bond donors (Lipinski definition) is 3. The number of aliphatic carboxylic acids is 1. The van der Waals surface area contributed by atoms with E-state index in [9.17, 15) is 14.4 Å². The minimum absolute atomic E-state index is 0.0767. The number of hydrogen-bond acceptors (Lipinski definition) is 3. The number of carbonyl (C=O) groups is 3. The molecule has 1 rings (SSSR count). The molecular formula is C18H26N2O4. The second-order valence-electron chi connectivity index (χ2n) is 7.20. The van der Waals surface area contributed by atoms with Crippen molar-refractivity contribution >= 4 is 23.5 Å². The molecule has 2 amide bonds. The molecule has 0 heterocycles. The van der Waals surface area contributed by atoms with Crippen LogP contribution in [0.25, 0.3) is 0 Å². The van der Waals surface area contributed by atoms with Crippen molar-refractivity contribution in [3.05, 3.63) is 29.8 Å². The minimum Gasteiger partial charge on any atom is -0.481 e. The first kappa shape index (κ1) is 19.7. The highest BCUT2D eigenvalue weighted by Gasteiger charge is 2.16. The fraction of sp³-hybridized carbons (Fsp3) is 0.500. The van der Waals surface area contributed by atoms with Gasteiger partial charge in [0.2, 0.25) is 11.8 Å². The van der Waals surface area contributed by atoms with E-state index < -0.39 is 11.9 Å². The van der Waals surface area contributed by atoms with Crippen LogP contribution in [-0.2, 0) is 20.8 Å². The Labute approximate surface area is 142 Å². The Bertz CT molecular complexity index is 588. The van der Waals surface area contributed by atoms with Gasteiger partial charge in [0, 0.05) is 12.1 Å². The molecule has 0 saturated heterocycles. The van der Waals surface area contributed by atoms with Gasteiger partial charge in [-0.3, -0.25) is 14.4 Å². The molecule has 0 aliphatic carbocycles. The van der Waals surface area contributed by atoms with E-state index in [0.717, 1.165) is 5.56 Å². The smallest absolute Gasteiger partial charge is 0.306 e. The highest BCUT2D eigenvalue weighted by Crippen LogP contribution is 2.17. The van der Waals surface area contributed by atoms with Crippen LogP contribution in [0.2, 0.25) is 0 Å². The third kappa shape index (κ3) is 7.76. The lowest BCUT2D eigenvalue weighted by atomic mass is 9.92. The largest absolute Gasteiger partial charge is 0.481 e. The van der Waals surface area contributed by atoms with E-state index in [-0.39, 0.29) is 23.8 Å². The monoisotopic (exact) mass is 334 g/mol. The number of benzene rings is 1. The molecule has 0 spiro atoms. The zero-order valence-corrected chi connectivity index (χ0v) is 14.7. The molecule has 0 fully saturated rings. The molecule has 6 heteroatoms. The topological polar surface area (TPSA) is 95.5 Å². The summed E-state index contributed by atoms with van der Waals surface area (Å²) in [7, 11) is 0. The molecule has 0 aliphatic rings. The predicted molar refractivity (Wildman–Crippen MR) is 92.7 cm³/mol. The van der Waals surface area contributed by atoms with Gasteiger partial charge < -0.3 is 15.7 Å². The zero-order chi connectivity index (χ0) is 18.3. The fourth-order valence-electron chi connectivity index (χ4n) is 2.09. The lowest BCUT2D eigenvalue weighted by Crippen LogP contribution is -2.34. The number of rotatable bonds is 7. The molecule has 0 radical (unpaired) electrons. The number of nitrogens with one attached hydrogen (secondary N) is 2. The molecular weight excluding hydrogens is 308 g/mol. The normalized spacial score (nSPS) is 12.3. The number of anilines is 1. The van der Waals surface area contributed by atoms with Crippen LogP contribution in [0.5, 0.6) is 0 Å². The maximum atomic E-state index is 11.8. The third-order valence-corrected chi connectivity index (χ3v) is 3.34. The summed E-state index contributed by atoms with van der Waals surface area (Å²) in [5, 5.41) is 14.2. The fourth-order valence-corrected chi connectivity index (χ4v) is 2.09. The lowest BCUT2D eigenvalue weighted by molar-refractivity contribution is -0.141. The van der Waals surface area contributed by atoms with Crippen molar-refractivity contribution in [2.45, 2.75) is 40.5 Å². The standard InChI is InChI=1S/C18H26N2O4/c1-12(17(23)24)9-13-5-7-14(8-6-13)20-16(22)11-19-15(21)10-18(2,3)4/h5-8,12H,9-11H2,1-4H3,(H,19,21)(H,20,22)(H,23,24). The van der Waals surface area contributed by atoms with Gasteiger partial charge in [-0.05, 0) is 29.5 Å². The number of carbonyl (C=O) groups excluding carboxylic acids is 2. The van der Waals surface area contributed by atoms with Crippen molar-refractivity contribution in [3.8, 4) is 0 Å². The molecule has 0 bridgehead atoms. The van der Waals surface area contributed by atoms with Crippen LogP contribution in [0.1, 0.15) is 39.7 Å². The van der Waals surface area contributed by atoms with Crippen LogP contribution in [-0.4, -0.2) is 29.4 Å². The third-order valence-electron chi connectivity index (χ3n) is 3.34. The van der Waals surface area contributed by atoms with Crippen LogP contribution >= 0.6 is 0 Å². The molecule has 24 heavy (non-hydrogen) atoms. The summed E-state index contributed by atoms with van der Waals surface area (Å²) in [6.45, 7) is 7.45. The molecule has 1 unspecified atom stereocenters. The molecule has 1 aromatic rings. The van der Waals surface area contributed by atoms with E-state index in [1.165, 1.54) is 0 Å². The summed E-state index contributed by atoms with van der Waals surface area (Å²) in [5.41, 5.74) is 1.38. The van der Waals surface area contributed by atoms with E-state index in [4.69, 9.17) is 5.11 Å². The van der Waals surface area contributed by atoms with Crippen molar-refractivity contribution in [3.63, 3.8) is 0 Å². The van der Waals surface area contributed by atoms with Crippen LogP contribution in [0, 0.1) is 11.3 Å². The van der Waals surface area contributed by atoms with E-state index in [2.05, 4.69) is 10.6 Å². The van der Waals surface area contributed by atoms with Crippen molar-refractivity contribution in [2.75, 3.05) is 11.9 Å². The summed E-state index contributed by atoms with van der Waals surface area (Å²) < 4.78 is 0. The zero-order valence-electron chi connectivity index (χ0n) is 14.7. The molecule has 0 aromatic heterocycles. The average Bonchev–Trinajstić information content (AvgIpc) is 2.45. The highest BCUT2D eigenvalue weighted by atomic mass is 16.4. The van der Waals surface area contributed by atoms with Gasteiger partial charge in [0.15, 0.2) is 0 Å². The van der Waals surface area contributed by atoms with Crippen molar-refractivity contribution in [1.29, 1.82) is 0 Å². The van der Waals surface area contributed by atoms with Gasteiger partial charge in [-0.25, -0.2) is 0 Å². The van der Waals surface area contributed by atoms with Gasteiger partial charge in [0.05, 0.1) is 12.5 Å². The molecule has 0 saturated carbocycles. The van der Waals surface area contributed by atoms with Crippen LogP contribution in [0.15, 0.2) is 24.3 Å². The van der Waals surface area contributed by atoms with E-state index >= 15 is 0 Å². The molecule has 1 atom stereocenters. The Morgan fingerprint density at radius 1 is 1.08 bits per heavy atom. The van der Waals surface area contributed by atoms with E-state index in [1.807, 2.05) is 20.8 Å². The Morgan fingerprint density at radius 3 is 2.17 bits per heavy atom. The average molecular weight is 334 g/mol. The van der Waals surface area contributed by atoms with Gasteiger partial charge in [0.25, 0.3) is 0 Å². The van der Waals surface area contributed by atoms with Crippen LogP contribution < -0.4 is 10.6 Å². The van der Waals surface area contributed by atoms with Gasteiger partial charge in [-0.2, -0.15) is 0 Å². The van der Waals surface area contributed by atoms with Gasteiger partial charge in [-0.1, -0.05) is 39.8 Å². The summed E-state index contributed by atoms with van der Waals surface area (Å²) in [6.07, 6.45) is 0.795. The van der Waals surface area contributed by atoms with Gasteiger partial charge in [-0.15, -0.1) is 0 Å². The first-order chi connectivity index (χ1) is 11.1. The SMILES string of the molecule is CC(Cc1ccc(NC(=O)CNC(=O)CC(C)(C)C)cc1)C(=O)O. The quantitative estimate of drug-likeness (QED) is 0.713. The summed E-state index contributed by atoms with van der Waals surface area (Å²) >= 11 is 0. The Morgan fingerprint density at radius 2 is 1.67 bits per heavy atom. The van der Waals surface area contributed by atoms with Crippen LogP contribution in [0.3, 0.4) is 0 Å². The van der Waals surface area contributed by atoms with E-state index in [1.54, 1.807) is 31.2 Å². The number of carboxylic acid groups (broad SMARTS) is 1. The second-order valence-corrected chi connectivity index (χ2v) is 7.20. The molecule has 3 N–H and O–H groups in total. The number of carboxylic acids is 1. The molecule has 0 aliphatic heterocycles. The molecule has 132 valence electrons. The van der Waals surface area contributed by atoms with Crippen LogP contribution in [0.4, 0.5) is 5.69 Å². The summed E-state index contributed by atoms with van der Waals surface area (Å²) in [6, 6.07) is 7.01. The maximum absolute atomic E-state index is 11.8. The first-order valence-corrected chi connectivity index (χ1v) is 7.95. The van der Waals surface area contributed by atoms with Crippen molar-refractivity contribution in [1.82, 2.24) is 5.32 Å². The van der Waals surface area contributed by atoms with Gasteiger partial charge in [0.1, 0.15) is 0 Å².